The van der Waals surface area contributed by atoms with Crippen molar-refractivity contribution < 1.29 is 23.8 Å². The number of benzene rings is 1. The van der Waals surface area contributed by atoms with Crippen LogP contribution in [0.25, 0.3) is 0 Å². The average Bonchev–Trinajstić information content (AvgIpc) is 2.65. The number of aryl methyl sites for hydroxylation is 1. The Labute approximate surface area is 156 Å². The fourth-order valence-corrected chi connectivity index (χ4v) is 2.55. The summed E-state index contributed by atoms with van der Waals surface area (Å²) in [5, 5.41) is 0. The predicted molar refractivity (Wildman–Crippen MR) is 101 cm³/mol. The van der Waals surface area contributed by atoms with Crippen LogP contribution in [0.5, 0.6) is 11.5 Å². The molecule has 146 valence electrons. The van der Waals surface area contributed by atoms with Gasteiger partial charge in [-0.3, -0.25) is 9.59 Å². The molecule has 26 heavy (non-hydrogen) atoms. The third-order valence-electron chi connectivity index (χ3n) is 4.22. The number of carbonyl (C=O) groups is 2. The molecule has 0 bridgehead atoms. The number of ether oxygens (including phenoxy) is 3. The van der Waals surface area contributed by atoms with Crippen molar-refractivity contribution in [1.29, 1.82) is 0 Å². The second-order valence-corrected chi connectivity index (χ2v) is 6.58. The van der Waals surface area contributed by atoms with E-state index in [-0.39, 0.29) is 18.3 Å². The maximum atomic E-state index is 12.6. The van der Waals surface area contributed by atoms with Crippen LogP contribution in [0.15, 0.2) is 18.2 Å². The first kappa shape index (κ1) is 21.8. The minimum absolute atomic E-state index is 0.0457. The van der Waals surface area contributed by atoms with E-state index in [1.54, 1.807) is 19.1 Å². The molecule has 6 heteroatoms. The summed E-state index contributed by atoms with van der Waals surface area (Å²) in [4.78, 5) is 25.8. The standard InChI is InChI=1S/C20H31NO5/c1-15(2)10-12-21(13-11-20(23)26-5)19(22)9-7-16-6-8-17(24-3)18(14-16)25-4/h6,8,14-15H,7,9-13H2,1-5H3. The van der Waals surface area contributed by atoms with E-state index in [4.69, 9.17) is 9.47 Å². The first-order chi connectivity index (χ1) is 12.4. The van der Waals surface area contributed by atoms with Gasteiger partial charge in [0, 0.05) is 19.5 Å². The van der Waals surface area contributed by atoms with Crippen LogP contribution in [-0.4, -0.2) is 51.2 Å². The number of hydrogen-bond donors (Lipinski definition) is 0. The van der Waals surface area contributed by atoms with E-state index in [2.05, 4.69) is 18.6 Å². The molecule has 0 fully saturated rings. The minimum Gasteiger partial charge on any atom is -0.493 e. The number of hydrogen-bond acceptors (Lipinski definition) is 5. The van der Waals surface area contributed by atoms with Crippen molar-refractivity contribution in [3.63, 3.8) is 0 Å². The molecule has 0 heterocycles. The molecule has 0 aliphatic heterocycles. The van der Waals surface area contributed by atoms with Gasteiger partial charge in [-0.2, -0.15) is 0 Å². The minimum atomic E-state index is -0.299. The summed E-state index contributed by atoms with van der Waals surface area (Å²) in [5.41, 5.74) is 1.01. The number of rotatable bonds is 11. The molecular formula is C20H31NO5. The van der Waals surface area contributed by atoms with Gasteiger partial charge in [0.1, 0.15) is 0 Å². The van der Waals surface area contributed by atoms with Gasteiger partial charge >= 0.3 is 5.97 Å². The first-order valence-electron chi connectivity index (χ1n) is 8.96. The Kier molecular flexibility index (Phi) is 9.55. The fraction of sp³-hybridized carbons (Fsp3) is 0.600. The zero-order chi connectivity index (χ0) is 19.5. The molecule has 0 aliphatic rings. The highest BCUT2D eigenvalue weighted by atomic mass is 16.5. The van der Waals surface area contributed by atoms with Crippen LogP contribution in [-0.2, 0) is 20.7 Å². The number of methoxy groups -OCH3 is 3. The van der Waals surface area contributed by atoms with Gasteiger partial charge in [-0.25, -0.2) is 0 Å². The zero-order valence-electron chi connectivity index (χ0n) is 16.5. The summed E-state index contributed by atoms with van der Waals surface area (Å²) in [6.45, 7) is 5.28. The summed E-state index contributed by atoms with van der Waals surface area (Å²) < 4.78 is 15.2. The Hall–Kier alpha value is -2.24. The molecule has 0 saturated carbocycles. The van der Waals surface area contributed by atoms with Crippen LogP contribution < -0.4 is 9.47 Å². The Morgan fingerprint density at radius 1 is 1.00 bits per heavy atom. The molecule has 1 rings (SSSR count). The van der Waals surface area contributed by atoms with E-state index in [9.17, 15) is 9.59 Å². The average molecular weight is 365 g/mol. The lowest BCUT2D eigenvalue weighted by Crippen LogP contribution is -2.34. The molecule has 6 nitrogen and oxygen atoms in total. The maximum Gasteiger partial charge on any atom is 0.307 e. The van der Waals surface area contributed by atoms with Gasteiger partial charge < -0.3 is 19.1 Å². The summed E-state index contributed by atoms with van der Waals surface area (Å²) in [6, 6.07) is 5.66. The molecule has 0 unspecified atom stereocenters. The maximum absolute atomic E-state index is 12.6. The third-order valence-corrected chi connectivity index (χ3v) is 4.22. The summed E-state index contributed by atoms with van der Waals surface area (Å²) in [6.07, 6.45) is 2.12. The molecule has 0 radical (unpaired) electrons. The van der Waals surface area contributed by atoms with Crippen LogP contribution in [0, 0.1) is 5.92 Å². The van der Waals surface area contributed by atoms with E-state index < -0.39 is 0 Å². The lowest BCUT2D eigenvalue weighted by atomic mass is 10.1. The number of esters is 1. The van der Waals surface area contributed by atoms with Crippen molar-refractivity contribution in [2.75, 3.05) is 34.4 Å². The van der Waals surface area contributed by atoms with Crippen molar-refractivity contribution in [3.05, 3.63) is 23.8 Å². The lowest BCUT2D eigenvalue weighted by molar-refractivity contribution is -0.141. The smallest absolute Gasteiger partial charge is 0.307 e. The van der Waals surface area contributed by atoms with Gasteiger partial charge in [0.05, 0.1) is 27.8 Å². The van der Waals surface area contributed by atoms with Crippen LogP contribution in [0.2, 0.25) is 0 Å². The largest absolute Gasteiger partial charge is 0.493 e. The van der Waals surface area contributed by atoms with Gasteiger partial charge in [0.15, 0.2) is 11.5 Å². The van der Waals surface area contributed by atoms with E-state index in [1.165, 1.54) is 7.11 Å². The van der Waals surface area contributed by atoms with Gasteiger partial charge in [0.2, 0.25) is 5.91 Å². The summed E-state index contributed by atoms with van der Waals surface area (Å²) in [5.74, 6) is 1.56. The topological polar surface area (TPSA) is 65.1 Å². The van der Waals surface area contributed by atoms with E-state index in [1.807, 2.05) is 18.2 Å². The highest BCUT2D eigenvalue weighted by molar-refractivity contribution is 5.77. The molecule has 1 amide bonds. The molecule has 0 saturated heterocycles. The SMILES string of the molecule is COC(=O)CCN(CCC(C)C)C(=O)CCc1ccc(OC)c(OC)c1. The quantitative estimate of drug-likeness (QED) is 0.564. The lowest BCUT2D eigenvalue weighted by Gasteiger charge is -2.23. The number of amides is 1. The van der Waals surface area contributed by atoms with E-state index in [0.29, 0.717) is 43.3 Å². The Morgan fingerprint density at radius 3 is 2.27 bits per heavy atom. The highest BCUT2D eigenvalue weighted by Crippen LogP contribution is 2.28. The molecule has 1 aromatic rings. The predicted octanol–water partition coefficient (Wildman–Crippen LogP) is 3.07. The fourth-order valence-electron chi connectivity index (χ4n) is 2.55. The van der Waals surface area contributed by atoms with Crippen molar-refractivity contribution in [3.8, 4) is 11.5 Å². The van der Waals surface area contributed by atoms with Crippen molar-refractivity contribution in [2.24, 2.45) is 5.92 Å². The van der Waals surface area contributed by atoms with E-state index in [0.717, 1.165) is 12.0 Å². The molecule has 0 aliphatic carbocycles. The second-order valence-electron chi connectivity index (χ2n) is 6.58. The van der Waals surface area contributed by atoms with Crippen LogP contribution in [0.1, 0.15) is 38.7 Å². The monoisotopic (exact) mass is 365 g/mol. The molecule has 0 aromatic heterocycles. The van der Waals surface area contributed by atoms with Gasteiger partial charge in [-0.15, -0.1) is 0 Å². The van der Waals surface area contributed by atoms with E-state index >= 15 is 0 Å². The van der Waals surface area contributed by atoms with Crippen LogP contribution in [0.4, 0.5) is 0 Å². The highest BCUT2D eigenvalue weighted by Gasteiger charge is 2.16. The summed E-state index contributed by atoms with van der Waals surface area (Å²) >= 11 is 0. The van der Waals surface area contributed by atoms with Crippen LogP contribution in [0.3, 0.4) is 0 Å². The number of nitrogens with zero attached hydrogens (tertiary/aromatic N) is 1. The molecule has 0 spiro atoms. The van der Waals surface area contributed by atoms with Gasteiger partial charge in [0.25, 0.3) is 0 Å². The third kappa shape index (κ3) is 7.33. The Bertz CT molecular complexity index is 586. The normalized spacial score (nSPS) is 10.5. The van der Waals surface area contributed by atoms with Crippen molar-refractivity contribution in [2.45, 2.75) is 39.5 Å². The first-order valence-corrected chi connectivity index (χ1v) is 8.96. The molecule has 0 atom stereocenters. The van der Waals surface area contributed by atoms with Gasteiger partial charge in [-0.1, -0.05) is 19.9 Å². The Balaban J connectivity index is 2.67. The number of carbonyl (C=O) groups excluding carboxylic acids is 2. The van der Waals surface area contributed by atoms with Crippen molar-refractivity contribution in [1.82, 2.24) is 4.90 Å². The zero-order valence-corrected chi connectivity index (χ0v) is 16.5. The summed E-state index contributed by atoms with van der Waals surface area (Å²) in [7, 11) is 4.54. The molecular weight excluding hydrogens is 334 g/mol. The van der Waals surface area contributed by atoms with Crippen molar-refractivity contribution >= 4 is 11.9 Å². The molecule has 0 N–H and O–H groups in total. The Morgan fingerprint density at radius 2 is 1.69 bits per heavy atom. The van der Waals surface area contributed by atoms with Crippen LogP contribution >= 0.6 is 0 Å². The molecule has 1 aromatic carbocycles. The second kappa shape index (κ2) is 11.4. The van der Waals surface area contributed by atoms with Gasteiger partial charge in [-0.05, 0) is 36.5 Å².